The molecule has 0 bridgehead atoms. The lowest BCUT2D eigenvalue weighted by molar-refractivity contribution is -0.116. The largest absolute Gasteiger partial charge is 0.497 e. The van der Waals surface area contributed by atoms with Gasteiger partial charge in [-0.3, -0.25) is 9.69 Å². The van der Waals surface area contributed by atoms with E-state index in [9.17, 15) is 4.79 Å². The van der Waals surface area contributed by atoms with Gasteiger partial charge in [-0.1, -0.05) is 50.2 Å². The molecule has 0 fully saturated rings. The van der Waals surface area contributed by atoms with Gasteiger partial charge in [-0.05, 0) is 48.0 Å². The van der Waals surface area contributed by atoms with Gasteiger partial charge in [-0.2, -0.15) is 0 Å². The summed E-state index contributed by atoms with van der Waals surface area (Å²) in [7, 11) is 1.63. The normalized spacial score (nSPS) is 11.1. The predicted molar refractivity (Wildman–Crippen MR) is 107 cm³/mol. The van der Waals surface area contributed by atoms with Crippen LogP contribution in [0, 0.1) is 0 Å². The monoisotopic (exact) mass is 352 g/mol. The molecule has 4 heteroatoms. The van der Waals surface area contributed by atoms with E-state index in [4.69, 9.17) is 4.74 Å². The number of hydrogen-bond donors (Lipinski definition) is 1. The first-order valence-corrected chi connectivity index (χ1v) is 9.04. The van der Waals surface area contributed by atoms with Crippen molar-refractivity contribution in [2.75, 3.05) is 20.2 Å². The van der Waals surface area contributed by atoms with Crippen molar-refractivity contribution < 1.29 is 9.53 Å². The van der Waals surface area contributed by atoms with Crippen molar-refractivity contribution in [1.29, 1.82) is 0 Å². The zero-order valence-electron chi connectivity index (χ0n) is 15.9. The third-order valence-corrected chi connectivity index (χ3v) is 4.33. The zero-order chi connectivity index (χ0) is 18.8. The molecule has 138 valence electrons. The SMILES string of the molecule is CCN(CC)Cc1ccc(CNC(=O)/C=C/c2ccc(OC)cc2)cc1. The van der Waals surface area contributed by atoms with Crippen LogP contribution in [0.15, 0.2) is 54.6 Å². The van der Waals surface area contributed by atoms with Gasteiger partial charge in [0.05, 0.1) is 7.11 Å². The van der Waals surface area contributed by atoms with Gasteiger partial charge >= 0.3 is 0 Å². The van der Waals surface area contributed by atoms with Crippen LogP contribution in [-0.4, -0.2) is 31.0 Å². The highest BCUT2D eigenvalue weighted by atomic mass is 16.5. The number of nitrogens with zero attached hydrogens (tertiary/aromatic N) is 1. The highest BCUT2D eigenvalue weighted by molar-refractivity contribution is 5.91. The van der Waals surface area contributed by atoms with Crippen LogP contribution >= 0.6 is 0 Å². The molecule has 0 heterocycles. The fourth-order valence-corrected chi connectivity index (χ4v) is 2.60. The van der Waals surface area contributed by atoms with Crippen molar-refractivity contribution in [3.05, 3.63) is 71.3 Å². The maximum atomic E-state index is 12.0. The topological polar surface area (TPSA) is 41.6 Å². The highest BCUT2D eigenvalue weighted by Gasteiger charge is 2.02. The molecule has 0 atom stereocenters. The fraction of sp³-hybridized carbons (Fsp3) is 0.318. The first-order chi connectivity index (χ1) is 12.6. The Morgan fingerprint density at radius 3 is 2.19 bits per heavy atom. The van der Waals surface area contributed by atoms with Gasteiger partial charge in [0, 0.05) is 19.2 Å². The molecule has 1 amide bonds. The maximum Gasteiger partial charge on any atom is 0.244 e. The molecule has 2 aromatic rings. The van der Waals surface area contributed by atoms with E-state index >= 15 is 0 Å². The number of methoxy groups -OCH3 is 1. The zero-order valence-corrected chi connectivity index (χ0v) is 15.9. The summed E-state index contributed by atoms with van der Waals surface area (Å²) in [5.41, 5.74) is 3.35. The minimum absolute atomic E-state index is 0.104. The van der Waals surface area contributed by atoms with Crippen molar-refractivity contribution in [3.8, 4) is 5.75 Å². The van der Waals surface area contributed by atoms with E-state index in [0.29, 0.717) is 6.54 Å². The summed E-state index contributed by atoms with van der Waals surface area (Å²) >= 11 is 0. The minimum Gasteiger partial charge on any atom is -0.497 e. The van der Waals surface area contributed by atoms with E-state index in [2.05, 4.69) is 48.3 Å². The lowest BCUT2D eigenvalue weighted by Crippen LogP contribution is -2.22. The van der Waals surface area contributed by atoms with E-state index in [1.165, 1.54) is 5.56 Å². The number of benzene rings is 2. The van der Waals surface area contributed by atoms with Gasteiger partial charge in [-0.25, -0.2) is 0 Å². The van der Waals surface area contributed by atoms with E-state index in [0.717, 1.165) is 36.5 Å². The van der Waals surface area contributed by atoms with Crippen LogP contribution in [0.4, 0.5) is 0 Å². The first kappa shape index (κ1) is 19.7. The molecule has 0 aliphatic carbocycles. The molecule has 0 aromatic heterocycles. The van der Waals surface area contributed by atoms with Crippen LogP contribution in [0.5, 0.6) is 5.75 Å². The van der Waals surface area contributed by atoms with E-state index in [-0.39, 0.29) is 5.91 Å². The van der Waals surface area contributed by atoms with Crippen molar-refractivity contribution in [2.45, 2.75) is 26.9 Å². The van der Waals surface area contributed by atoms with Gasteiger partial charge in [-0.15, -0.1) is 0 Å². The second kappa shape index (κ2) is 10.4. The number of nitrogens with one attached hydrogen (secondary N) is 1. The Labute approximate surface area is 156 Å². The van der Waals surface area contributed by atoms with Crippen LogP contribution in [0.25, 0.3) is 6.08 Å². The third kappa shape index (κ3) is 6.37. The van der Waals surface area contributed by atoms with Gasteiger partial charge in [0.2, 0.25) is 5.91 Å². The smallest absolute Gasteiger partial charge is 0.244 e. The second-order valence-electron chi connectivity index (χ2n) is 6.10. The van der Waals surface area contributed by atoms with E-state index in [1.807, 2.05) is 24.3 Å². The quantitative estimate of drug-likeness (QED) is 0.697. The molecule has 0 aliphatic rings. The summed E-state index contributed by atoms with van der Waals surface area (Å²) in [6.07, 6.45) is 3.35. The van der Waals surface area contributed by atoms with Crippen molar-refractivity contribution >= 4 is 12.0 Å². The Balaban J connectivity index is 1.81. The van der Waals surface area contributed by atoms with Gasteiger partial charge in [0.25, 0.3) is 0 Å². The van der Waals surface area contributed by atoms with Crippen LogP contribution < -0.4 is 10.1 Å². The standard InChI is InChI=1S/C22H28N2O2/c1-4-24(5-2)17-20-8-6-19(7-9-20)16-23-22(25)15-12-18-10-13-21(26-3)14-11-18/h6-15H,4-5,16-17H2,1-3H3,(H,23,25)/b15-12+. The van der Waals surface area contributed by atoms with Crippen LogP contribution in [0.2, 0.25) is 0 Å². The molecule has 26 heavy (non-hydrogen) atoms. The molecule has 4 nitrogen and oxygen atoms in total. The second-order valence-corrected chi connectivity index (χ2v) is 6.10. The molecule has 1 N–H and O–H groups in total. The average Bonchev–Trinajstić information content (AvgIpc) is 2.70. The number of rotatable bonds is 9. The summed E-state index contributed by atoms with van der Waals surface area (Å²) in [5.74, 6) is 0.698. The summed E-state index contributed by atoms with van der Waals surface area (Å²) < 4.78 is 5.12. The summed E-state index contributed by atoms with van der Waals surface area (Å²) in [6, 6.07) is 16.0. The molecular formula is C22H28N2O2. The molecule has 0 spiro atoms. The molecule has 2 rings (SSSR count). The molecule has 0 saturated heterocycles. The fourth-order valence-electron chi connectivity index (χ4n) is 2.60. The maximum absolute atomic E-state index is 12.0. The third-order valence-electron chi connectivity index (χ3n) is 4.33. The van der Waals surface area contributed by atoms with Crippen molar-refractivity contribution in [3.63, 3.8) is 0 Å². The average molecular weight is 352 g/mol. The number of hydrogen-bond acceptors (Lipinski definition) is 3. The molecule has 0 radical (unpaired) electrons. The van der Waals surface area contributed by atoms with Crippen molar-refractivity contribution in [1.82, 2.24) is 10.2 Å². The van der Waals surface area contributed by atoms with Gasteiger partial charge < -0.3 is 10.1 Å². The number of ether oxygens (including phenoxy) is 1. The Kier molecular flexibility index (Phi) is 7.90. The predicted octanol–water partition coefficient (Wildman–Crippen LogP) is 3.87. The number of carbonyl (C=O) groups excluding carboxylic acids is 1. The minimum atomic E-state index is -0.104. The first-order valence-electron chi connectivity index (χ1n) is 9.04. The lowest BCUT2D eigenvalue weighted by atomic mass is 10.1. The Morgan fingerprint density at radius 2 is 1.62 bits per heavy atom. The summed E-state index contributed by atoms with van der Waals surface area (Å²) in [4.78, 5) is 14.3. The highest BCUT2D eigenvalue weighted by Crippen LogP contribution is 2.12. The Hall–Kier alpha value is -2.59. The molecule has 2 aromatic carbocycles. The van der Waals surface area contributed by atoms with Crippen LogP contribution in [0.3, 0.4) is 0 Å². The summed E-state index contributed by atoms with van der Waals surface area (Å²) in [6.45, 7) is 7.94. The Morgan fingerprint density at radius 1 is 1.00 bits per heavy atom. The summed E-state index contributed by atoms with van der Waals surface area (Å²) in [5, 5.41) is 2.91. The van der Waals surface area contributed by atoms with E-state index < -0.39 is 0 Å². The number of amides is 1. The van der Waals surface area contributed by atoms with E-state index in [1.54, 1.807) is 19.3 Å². The van der Waals surface area contributed by atoms with Crippen molar-refractivity contribution in [2.24, 2.45) is 0 Å². The molecular weight excluding hydrogens is 324 g/mol. The molecule has 0 saturated carbocycles. The Bertz CT molecular complexity index is 702. The molecule has 0 unspecified atom stereocenters. The number of carbonyl (C=O) groups is 1. The van der Waals surface area contributed by atoms with Gasteiger partial charge in [0.15, 0.2) is 0 Å². The van der Waals surface area contributed by atoms with Crippen LogP contribution in [0.1, 0.15) is 30.5 Å². The molecule has 0 aliphatic heterocycles. The van der Waals surface area contributed by atoms with Crippen LogP contribution in [-0.2, 0) is 17.9 Å². The van der Waals surface area contributed by atoms with Gasteiger partial charge in [0.1, 0.15) is 5.75 Å². The lowest BCUT2D eigenvalue weighted by Gasteiger charge is -2.18.